The normalized spacial score (nSPS) is 19.5. The van der Waals surface area contributed by atoms with Gasteiger partial charge in [0.15, 0.2) is 0 Å². The summed E-state index contributed by atoms with van der Waals surface area (Å²) in [4.78, 5) is 13.0. The standard InChI is InChI=1S/C8H16N2O.C6H5Cl/c1-7-3-4-9-5-6-10(7)8(2)11;7-6-4-2-1-3-5-6/h7,9H,3-6H2,1-2H3;1-5H. The Bertz CT molecular complexity index is 356. The van der Waals surface area contributed by atoms with Gasteiger partial charge >= 0.3 is 0 Å². The minimum absolute atomic E-state index is 0.196. The number of nitrogens with zero attached hydrogens (tertiary/aromatic N) is 1. The van der Waals surface area contributed by atoms with Gasteiger partial charge in [-0.05, 0) is 32.0 Å². The number of hydrogen-bond donors (Lipinski definition) is 1. The molecule has 1 saturated heterocycles. The summed E-state index contributed by atoms with van der Waals surface area (Å²) in [6, 6.07) is 9.85. The Kier molecular flexibility index (Phi) is 6.76. The molecule has 4 heteroatoms. The number of carbonyl (C=O) groups excluding carboxylic acids is 1. The lowest BCUT2D eigenvalue weighted by Gasteiger charge is -2.24. The average Bonchev–Trinajstić information content (AvgIpc) is 2.55. The molecule has 1 unspecified atom stereocenters. The molecule has 1 fully saturated rings. The van der Waals surface area contributed by atoms with Crippen LogP contribution in [0.5, 0.6) is 0 Å². The molecule has 1 aromatic rings. The van der Waals surface area contributed by atoms with Crippen LogP contribution in [0.2, 0.25) is 5.02 Å². The van der Waals surface area contributed by atoms with Gasteiger partial charge in [-0.15, -0.1) is 0 Å². The van der Waals surface area contributed by atoms with E-state index in [4.69, 9.17) is 11.6 Å². The lowest BCUT2D eigenvalue weighted by molar-refractivity contribution is -0.130. The largest absolute Gasteiger partial charge is 0.339 e. The van der Waals surface area contributed by atoms with Crippen molar-refractivity contribution in [2.45, 2.75) is 26.3 Å². The van der Waals surface area contributed by atoms with Crippen LogP contribution in [0.3, 0.4) is 0 Å². The third-order valence-electron chi connectivity index (χ3n) is 2.94. The highest BCUT2D eigenvalue weighted by Crippen LogP contribution is 2.05. The Morgan fingerprint density at radius 2 is 2.00 bits per heavy atom. The lowest BCUT2D eigenvalue weighted by atomic mass is 10.2. The predicted octanol–water partition coefficient (Wildman–Crippen LogP) is 2.56. The van der Waals surface area contributed by atoms with Gasteiger partial charge < -0.3 is 10.2 Å². The van der Waals surface area contributed by atoms with Crippen LogP contribution in [0.15, 0.2) is 30.3 Å². The summed E-state index contributed by atoms with van der Waals surface area (Å²) in [5, 5.41) is 4.06. The van der Waals surface area contributed by atoms with Crippen LogP contribution in [0.4, 0.5) is 0 Å². The zero-order chi connectivity index (χ0) is 13.4. The number of nitrogens with one attached hydrogen (secondary N) is 1. The maximum Gasteiger partial charge on any atom is 0.219 e. The van der Waals surface area contributed by atoms with Crippen molar-refractivity contribution in [3.05, 3.63) is 35.4 Å². The molecule has 0 aromatic heterocycles. The molecule has 1 heterocycles. The second-order valence-corrected chi connectivity index (χ2v) is 4.83. The lowest BCUT2D eigenvalue weighted by Crippen LogP contribution is -2.37. The van der Waals surface area contributed by atoms with Gasteiger partial charge in [0.2, 0.25) is 5.91 Å². The zero-order valence-corrected chi connectivity index (χ0v) is 11.8. The molecule has 0 spiro atoms. The Hall–Kier alpha value is -1.06. The van der Waals surface area contributed by atoms with Crippen LogP contribution < -0.4 is 5.32 Å². The Balaban J connectivity index is 0.000000199. The van der Waals surface area contributed by atoms with Crippen LogP contribution in [0.1, 0.15) is 20.3 Å². The summed E-state index contributed by atoms with van der Waals surface area (Å²) in [6.45, 7) is 6.57. The van der Waals surface area contributed by atoms with Gasteiger partial charge in [0.1, 0.15) is 0 Å². The molecule has 18 heavy (non-hydrogen) atoms. The van der Waals surface area contributed by atoms with Gasteiger partial charge in [0.25, 0.3) is 0 Å². The molecule has 1 aromatic carbocycles. The first-order valence-corrected chi connectivity index (χ1v) is 6.67. The average molecular weight is 269 g/mol. The molecule has 1 atom stereocenters. The summed E-state index contributed by atoms with van der Waals surface area (Å²) in [5.74, 6) is 0.196. The van der Waals surface area contributed by atoms with E-state index in [0.717, 1.165) is 31.1 Å². The zero-order valence-electron chi connectivity index (χ0n) is 11.0. The fourth-order valence-electron chi connectivity index (χ4n) is 1.89. The third-order valence-corrected chi connectivity index (χ3v) is 3.19. The van der Waals surface area contributed by atoms with Crippen molar-refractivity contribution < 1.29 is 4.79 Å². The molecule has 1 amide bonds. The van der Waals surface area contributed by atoms with Gasteiger partial charge in [0.05, 0.1) is 0 Å². The van der Waals surface area contributed by atoms with E-state index in [0.29, 0.717) is 6.04 Å². The van der Waals surface area contributed by atoms with Crippen LogP contribution in [0, 0.1) is 0 Å². The molecular weight excluding hydrogens is 248 g/mol. The van der Waals surface area contributed by atoms with E-state index in [1.165, 1.54) is 0 Å². The molecule has 1 aliphatic heterocycles. The van der Waals surface area contributed by atoms with Crippen LogP contribution in [-0.4, -0.2) is 36.5 Å². The van der Waals surface area contributed by atoms with Crippen LogP contribution in [0.25, 0.3) is 0 Å². The molecule has 1 N–H and O–H groups in total. The molecule has 0 radical (unpaired) electrons. The van der Waals surface area contributed by atoms with Crippen molar-refractivity contribution in [2.24, 2.45) is 0 Å². The topological polar surface area (TPSA) is 32.3 Å². The fraction of sp³-hybridized carbons (Fsp3) is 0.500. The van der Waals surface area contributed by atoms with Crippen LogP contribution in [-0.2, 0) is 4.79 Å². The quantitative estimate of drug-likeness (QED) is 0.784. The fourth-order valence-corrected chi connectivity index (χ4v) is 2.04. The van der Waals surface area contributed by atoms with Crippen molar-refractivity contribution in [3.8, 4) is 0 Å². The summed E-state index contributed by atoms with van der Waals surface area (Å²) in [6.07, 6.45) is 1.07. The van der Waals surface area contributed by atoms with E-state index >= 15 is 0 Å². The SMILES string of the molecule is CC(=O)N1CCNCCC1C.Clc1ccccc1. The van der Waals surface area contributed by atoms with Crippen molar-refractivity contribution >= 4 is 17.5 Å². The monoisotopic (exact) mass is 268 g/mol. The van der Waals surface area contributed by atoms with Crippen molar-refractivity contribution in [3.63, 3.8) is 0 Å². The number of halogens is 1. The highest BCUT2D eigenvalue weighted by Gasteiger charge is 2.17. The van der Waals surface area contributed by atoms with Crippen LogP contribution >= 0.6 is 11.6 Å². The Morgan fingerprint density at radius 3 is 2.50 bits per heavy atom. The number of amides is 1. The minimum atomic E-state index is 0.196. The summed E-state index contributed by atoms with van der Waals surface area (Å²) in [5.41, 5.74) is 0. The molecule has 1 aliphatic rings. The first kappa shape index (κ1) is 15.0. The Morgan fingerprint density at radius 1 is 1.33 bits per heavy atom. The first-order chi connectivity index (χ1) is 8.61. The van der Waals surface area contributed by atoms with E-state index in [1.54, 1.807) is 6.92 Å². The van der Waals surface area contributed by atoms with Gasteiger partial charge in [-0.2, -0.15) is 0 Å². The summed E-state index contributed by atoms with van der Waals surface area (Å²) in [7, 11) is 0. The highest BCUT2D eigenvalue weighted by atomic mass is 35.5. The molecule has 3 nitrogen and oxygen atoms in total. The van der Waals surface area contributed by atoms with Crippen molar-refractivity contribution in [2.75, 3.05) is 19.6 Å². The number of rotatable bonds is 0. The van der Waals surface area contributed by atoms with Gasteiger partial charge in [-0.1, -0.05) is 29.8 Å². The number of carbonyl (C=O) groups is 1. The number of benzene rings is 1. The molecule has 100 valence electrons. The smallest absolute Gasteiger partial charge is 0.219 e. The van der Waals surface area contributed by atoms with E-state index in [2.05, 4.69) is 12.2 Å². The Labute approximate surface area is 114 Å². The third kappa shape index (κ3) is 5.52. The number of hydrogen-bond acceptors (Lipinski definition) is 2. The molecule has 2 rings (SSSR count). The second-order valence-electron chi connectivity index (χ2n) is 4.40. The second kappa shape index (κ2) is 8.11. The molecule has 0 saturated carbocycles. The maximum absolute atomic E-state index is 11.1. The van der Waals surface area contributed by atoms with E-state index < -0.39 is 0 Å². The van der Waals surface area contributed by atoms with Crippen molar-refractivity contribution in [1.82, 2.24) is 10.2 Å². The molecule has 0 aliphatic carbocycles. The summed E-state index contributed by atoms with van der Waals surface area (Å²) >= 11 is 5.54. The van der Waals surface area contributed by atoms with Gasteiger partial charge in [0, 0.05) is 31.1 Å². The predicted molar refractivity (Wildman–Crippen MR) is 75.8 cm³/mol. The molecule has 0 bridgehead atoms. The highest BCUT2D eigenvalue weighted by molar-refractivity contribution is 6.30. The van der Waals surface area contributed by atoms with E-state index in [1.807, 2.05) is 35.2 Å². The van der Waals surface area contributed by atoms with E-state index in [-0.39, 0.29) is 5.91 Å². The first-order valence-electron chi connectivity index (χ1n) is 6.29. The maximum atomic E-state index is 11.1. The van der Waals surface area contributed by atoms with E-state index in [9.17, 15) is 4.79 Å². The van der Waals surface area contributed by atoms with Gasteiger partial charge in [-0.3, -0.25) is 4.79 Å². The minimum Gasteiger partial charge on any atom is -0.339 e. The molecular formula is C14H21ClN2O. The van der Waals surface area contributed by atoms with Crippen molar-refractivity contribution in [1.29, 1.82) is 0 Å². The summed E-state index contributed by atoms with van der Waals surface area (Å²) < 4.78 is 0. The van der Waals surface area contributed by atoms with Gasteiger partial charge in [-0.25, -0.2) is 0 Å².